The topological polar surface area (TPSA) is 0 Å². The molecule has 3 radical (unpaired) electrons. The van der Waals surface area contributed by atoms with Crippen LogP contribution in [0.2, 0.25) is 25.3 Å². The lowest BCUT2D eigenvalue weighted by Crippen LogP contribution is -2.11. The van der Waals surface area contributed by atoms with E-state index in [1.165, 1.54) is 70.2 Å². The van der Waals surface area contributed by atoms with E-state index in [-0.39, 0.29) is 0 Å². The highest BCUT2D eigenvalue weighted by atomic mass is 13.9. The van der Waals surface area contributed by atoms with Gasteiger partial charge in [0.2, 0.25) is 0 Å². The largest absolute Gasteiger partial charge is 0.109 e. The lowest BCUT2D eigenvalue weighted by molar-refractivity contribution is 0.653. The Balaban J connectivity index is 2.98. The minimum atomic E-state index is 0.461. The maximum Gasteiger partial charge on any atom is 0.109 e. The second-order valence-corrected chi connectivity index (χ2v) is 4.97. The Hall–Kier alpha value is 0.195. The van der Waals surface area contributed by atoms with Gasteiger partial charge in [-0.05, 0) is 0 Å². The van der Waals surface area contributed by atoms with Gasteiger partial charge in [0.25, 0.3) is 0 Å². The molecule has 0 atom stereocenters. The maximum absolute atomic E-state index is 5.97. The van der Waals surface area contributed by atoms with Crippen LogP contribution in [-0.2, 0) is 0 Å². The minimum Gasteiger partial charge on any atom is -0.0821 e. The maximum atomic E-state index is 5.97. The van der Waals surface area contributed by atoms with Crippen LogP contribution in [0.1, 0.15) is 58.8 Å². The van der Waals surface area contributed by atoms with Crippen molar-refractivity contribution in [1.29, 1.82) is 0 Å². The average Bonchev–Trinajstić information content (AvgIpc) is 2.27. The van der Waals surface area contributed by atoms with Crippen LogP contribution >= 0.6 is 0 Å². The molecular weight excluding hydrogens is 189 g/mol. The van der Waals surface area contributed by atoms with E-state index in [0.717, 1.165) is 0 Å². The molecule has 0 rings (SSSR count). The Morgan fingerprint density at radius 2 is 1.50 bits per heavy atom. The smallest absolute Gasteiger partial charge is 0.0821 e. The molecule has 0 heterocycles. The monoisotopic (exact) mass is 217 g/mol. The first-order chi connectivity index (χ1) is 7.81. The first-order valence-corrected chi connectivity index (χ1v) is 7.38. The van der Waals surface area contributed by atoms with Gasteiger partial charge >= 0.3 is 0 Å². The van der Waals surface area contributed by atoms with E-state index in [0.29, 0.717) is 6.60 Å². The molecule has 0 nitrogen and oxygen atoms in total. The Bertz CT molecular complexity index is 128. The van der Waals surface area contributed by atoms with Gasteiger partial charge in [0.1, 0.15) is 7.28 Å². The molecule has 0 aliphatic carbocycles. The fourth-order valence-corrected chi connectivity index (χ4v) is 2.09. The van der Waals surface area contributed by atoms with Crippen molar-refractivity contribution in [1.82, 2.24) is 0 Å². The van der Waals surface area contributed by atoms with Gasteiger partial charge in [-0.3, -0.25) is 0 Å². The van der Waals surface area contributed by atoms with Crippen LogP contribution in [0.25, 0.3) is 0 Å². The molecule has 0 saturated carbocycles. The van der Waals surface area contributed by atoms with E-state index in [9.17, 15) is 0 Å². The van der Waals surface area contributed by atoms with Crippen LogP contribution in [0.15, 0.2) is 0 Å². The van der Waals surface area contributed by atoms with Crippen molar-refractivity contribution in [2.45, 2.75) is 84.1 Å². The van der Waals surface area contributed by atoms with Gasteiger partial charge < -0.3 is 0 Å². The highest BCUT2D eigenvalue weighted by Crippen LogP contribution is 2.11. The molecule has 0 unspecified atom stereocenters. The van der Waals surface area contributed by atoms with Gasteiger partial charge in [0.05, 0.1) is 6.60 Å². The van der Waals surface area contributed by atoms with E-state index in [2.05, 4.69) is 21.1 Å². The predicted molar refractivity (Wildman–Crippen MR) is 80.2 cm³/mol. The van der Waals surface area contributed by atoms with E-state index in [4.69, 9.17) is 7.74 Å². The zero-order chi connectivity index (χ0) is 12.1. The summed E-state index contributed by atoms with van der Waals surface area (Å²) in [5.74, 6) is 0. The summed E-state index contributed by atoms with van der Waals surface area (Å²) < 4.78 is 0. The van der Waals surface area contributed by atoms with Crippen molar-refractivity contribution in [3.63, 3.8) is 0 Å². The average molecular weight is 217 g/mol. The Morgan fingerprint density at radius 1 is 0.812 bits per heavy atom. The predicted octanol–water partition coefficient (Wildman–Crippen LogP) is 4.46. The van der Waals surface area contributed by atoms with E-state index in [1.54, 1.807) is 0 Å². The van der Waals surface area contributed by atoms with Crippen LogP contribution in [-0.4, -0.2) is 21.6 Å². The third-order valence-electron chi connectivity index (χ3n) is 3.14. The van der Waals surface area contributed by atoms with Crippen LogP contribution in [0, 0.1) is 0 Å². The molecule has 0 spiro atoms. The van der Waals surface area contributed by atoms with Crippen molar-refractivity contribution < 1.29 is 0 Å². The molecule has 0 aromatic heterocycles. The Morgan fingerprint density at radius 3 is 2.19 bits per heavy atom. The van der Waals surface area contributed by atoms with Crippen molar-refractivity contribution in [2.24, 2.45) is 0 Å². The molecular formula is C13H28B3. The van der Waals surface area contributed by atoms with Crippen molar-refractivity contribution in [2.75, 3.05) is 0 Å². The molecule has 0 bridgehead atoms. The summed E-state index contributed by atoms with van der Waals surface area (Å²) in [5.41, 5.74) is 0. The van der Waals surface area contributed by atoms with Crippen molar-refractivity contribution in [3.8, 4) is 0 Å². The third-order valence-corrected chi connectivity index (χ3v) is 3.14. The quantitative estimate of drug-likeness (QED) is 0.334. The first kappa shape index (κ1) is 16.2. The molecule has 0 aromatic carbocycles. The normalized spacial score (nSPS) is 10.4. The van der Waals surface area contributed by atoms with Gasteiger partial charge in [-0.2, -0.15) is 0 Å². The standard InChI is InChI=1S/C13H28B3/c1-3-10-15-11-8-6-5-7-9-13-16(14)12-4-2/h3-13H2,1-2H3. The number of unbranched alkanes of at least 4 members (excludes halogenated alkanes) is 4. The van der Waals surface area contributed by atoms with Gasteiger partial charge in [-0.1, -0.05) is 84.1 Å². The van der Waals surface area contributed by atoms with Crippen molar-refractivity contribution >= 4 is 21.6 Å². The molecule has 0 saturated heterocycles. The highest BCUT2D eigenvalue weighted by Gasteiger charge is 2.03. The Kier molecular flexibility index (Phi) is 13.4. The van der Waals surface area contributed by atoms with Gasteiger partial charge in [0.15, 0.2) is 0 Å². The molecule has 0 amide bonds. The number of rotatable bonds is 12. The summed E-state index contributed by atoms with van der Waals surface area (Å²) in [6.45, 7) is 4.92. The van der Waals surface area contributed by atoms with Crippen molar-refractivity contribution in [3.05, 3.63) is 0 Å². The SMILES string of the molecule is [B]B(CCC)CCCCCCC[B]CCC. The summed E-state index contributed by atoms with van der Waals surface area (Å²) in [4.78, 5) is 0. The number of hydrogen-bond donors (Lipinski definition) is 0. The fourth-order valence-electron chi connectivity index (χ4n) is 2.09. The second-order valence-electron chi connectivity index (χ2n) is 4.97. The summed E-state index contributed by atoms with van der Waals surface area (Å²) in [5, 5.41) is 0. The van der Waals surface area contributed by atoms with E-state index >= 15 is 0 Å². The molecule has 0 aliphatic rings. The van der Waals surface area contributed by atoms with Gasteiger partial charge in [-0.25, -0.2) is 0 Å². The summed E-state index contributed by atoms with van der Waals surface area (Å²) in [7, 11) is 8.42. The second kappa shape index (κ2) is 13.3. The lowest BCUT2D eigenvalue weighted by atomic mass is 9.29. The molecule has 0 aliphatic heterocycles. The summed E-state index contributed by atoms with van der Waals surface area (Å²) in [6.07, 6.45) is 14.5. The first-order valence-electron chi connectivity index (χ1n) is 7.38. The molecule has 89 valence electrons. The molecule has 0 N–H and O–H groups in total. The van der Waals surface area contributed by atoms with E-state index in [1.807, 2.05) is 0 Å². The van der Waals surface area contributed by atoms with Crippen LogP contribution in [0.3, 0.4) is 0 Å². The zero-order valence-electron chi connectivity index (χ0n) is 11.5. The summed E-state index contributed by atoms with van der Waals surface area (Å²) >= 11 is 0. The van der Waals surface area contributed by atoms with Gasteiger partial charge in [0, 0.05) is 7.74 Å². The summed E-state index contributed by atoms with van der Waals surface area (Å²) in [6, 6.07) is 0. The van der Waals surface area contributed by atoms with Crippen LogP contribution < -0.4 is 0 Å². The molecule has 16 heavy (non-hydrogen) atoms. The highest BCUT2D eigenvalue weighted by molar-refractivity contribution is 7.03. The molecule has 0 fully saturated rings. The molecule has 0 aromatic rings. The van der Waals surface area contributed by atoms with Gasteiger partial charge in [-0.15, -0.1) is 0 Å². The zero-order valence-corrected chi connectivity index (χ0v) is 11.5. The third kappa shape index (κ3) is 12.3. The van der Waals surface area contributed by atoms with Crippen LogP contribution in [0.4, 0.5) is 0 Å². The fraction of sp³-hybridized carbons (Fsp3) is 1.00. The minimum absolute atomic E-state index is 0.461. The lowest BCUT2D eigenvalue weighted by Gasteiger charge is -2.06. The number of hydrogen-bond acceptors (Lipinski definition) is 0. The molecule has 3 heteroatoms. The Labute approximate surface area is 106 Å². The van der Waals surface area contributed by atoms with E-state index < -0.39 is 0 Å². The van der Waals surface area contributed by atoms with Crippen LogP contribution in [0.5, 0.6) is 0 Å².